The van der Waals surface area contributed by atoms with Crippen LogP contribution in [0.1, 0.15) is 38.2 Å². The maximum atomic E-state index is 6.16. The lowest BCUT2D eigenvalue weighted by molar-refractivity contribution is 0.304. The second-order valence-corrected chi connectivity index (χ2v) is 7.34. The minimum atomic E-state index is 0.754. The molecule has 0 radical (unpaired) electrons. The van der Waals surface area contributed by atoms with Gasteiger partial charge in [0.2, 0.25) is 0 Å². The first-order chi connectivity index (χ1) is 11.8. The first-order valence-corrected chi connectivity index (χ1v) is 11.0. The van der Waals surface area contributed by atoms with Crippen LogP contribution in [0.3, 0.4) is 0 Å². The summed E-state index contributed by atoms with van der Waals surface area (Å²) in [4.78, 5) is 0. The van der Waals surface area contributed by atoms with E-state index >= 15 is 0 Å². The molecule has 0 fully saturated rings. The average molecular weight is 458 g/mol. The van der Waals surface area contributed by atoms with Gasteiger partial charge in [0.1, 0.15) is 11.5 Å². The van der Waals surface area contributed by atoms with Gasteiger partial charge in [0.05, 0.1) is 13.2 Å². The highest BCUT2D eigenvalue weighted by Crippen LogP contribution is 2.37. The third-order valence-electron chi connectivity index (χ3n) is 3.97. The minimum Gasteiger partial charge on any atom is -0.493 e. The van der Waals surface area contributed by atoms with Gasteiger partial charge >= 0.3 is 0 Å². The zero-order valence-corrected chi connectivity index (χ0v) is 17.5. The lowest BCUT2D eigenvalue weighted by Gasteiger charge is -2.17. The lowest BCUT2D eigenvalue weighted by Crippen LogP contribution is -2.03. The van der Waals surface area contributed by atoms with E-state index in [1.54, 1.807) is 0 Å². The minimum absolute atomic E-state index is 0.754. The van der Waals surface area contributed by atoms with Crippen molar-refractivity contribution >= 4 is 42.6 Å². The van der Waals surface area contributed by atoms with E-state index in [2.05, 4.69) is 69.1 Å². The molecule has 0 atom stereocenters. The van der Waals surface area contributed by atoms with Crippen molar-refractivity contribution in [3.8, 4) is 11.5 Å². The van der Waals surface area contributed by atoms with Gasteiger partial charge in [-0.15, -0.1) is 0 Å². The molecular formula is C20H26Br2O2. The molecule has 24 heavy (non-hydrogen) atoms. The number of rotatable bonds is 11. The highest BCUT2D eigenvalue weighted by atomic mass is 79.9. The summed E-state index contributed by atoms with van der Waals surface area (Å²) in [5.41, 5.74) is 1.23. The molecule has 0 N–H and O–H groups in total. The predicted molar refractivity (Wildman–Crippen MR) is 110 cm³/mol. The van der Waals surface area contributed by atoms with Crippen molar-refractivity contribution in [2.24, 2.45) is 0 Å². The van der Waals surface area contributed by atoms with Gasteiger partial charge in [-0.05, 0) is 43.7 Å². The predicted octanol–water partition coefficient (Wildman–Crippen LogP) is 6.51. The molecule has 0 spiro atoms. The van der Waals surface area contributed by atoms with Crippen molar-refractivity contribution < 1.29 is 9.47 Å². The van der Waals surface area contributed by atoms with Crippen LogP contribution in [0, 0.1) is 0 Å². The first-order valence-electron chi connectivity index (χ1n) is 8.74. The Bertz CT molecular complexity index is 628. The Labute approximate surface area is 162 Å². The van der Waals surface area contributed by atoms with Gasteiger partial charge in [0, 0.05) is 21.4 Å². The summed E-state index contributed by atoms with van der Waals surface area (Å²) in [6.07, 6.45) is 5.33. The maximum Gasteiger partial charge on any atom is 0.130 e. The molecule has 0 unspecified atom stereocenters. The third-order valence-corrected chi connectivity index (χ3v) is 5.10. The molecule has 0 heterocycles. The third kappa shape index (κ3) is 5.38. The first kappa shape index (κ1) is 19.6. The standard InChI is InChI=1S/C20H26Br2O2/c1-2-16-15-19(23-13-7-5-11-21)17-9-3-4-10-18(17)20(16)24-14-8-6-12-22/h3-4,9-10,15H,2,5-8,11-14H2,1H3. The molecule has 0 amide bonds. The molecule has 0 saturated carbocycles. The van der Waals surface area contributed by atoms with E-state index in [-0.39, 0.29) is 0 Å². The van der Waals surface area contributed by atoms with E-state index in [0.29, 0.717) is 0 Å². The van der Waals surface area contributed by atoms with Crippen LogP contribution in [0.5, 0.6) is 11.5 Å². The summed E-state index contributed by atoms with van der Waals surface area (Å²) in [6, 6.07) is 10.6. The topological polar surface area (TPSA) is 18.5 Å². The quantitative estimate of drug-likeness (QED) is 0.282. The molecule has 2 nitrogen and oxygen atoms in total. The van der Waals surface area contributed by atoms with Gasteiger partial charge in [-0.2, -0.15) is 0 Å². The van der Waals surface area contributed by atoms with Crippen molar-refractivity contribution in [1.82, 2.24) is 0 Å². The fourth-order valence-electron chi connectivity index (χ4n) is 2.67. The molecular weight excluding hydrogens is 432 g/mol. The van der Waals surface area contributed by atoms with Crippen LogP contribution in [0.2, 0.25) is 0 Å². The van der Waals surface area contributed by atoms with Gasteiger partial charge in [-0.25, -0.2) is 0 Å². The Morgan fingerprint density at radius 1 is 0.833 bits per heavy atom. The fraction of sp³-hybridized carbons (Fsp3) is 0.500. The highest BCUT2D eigenvalue weighted by Gasteiger charge is 2.13. The molecule has 0 bridgehead atoms. The van der Waals surface area contributed by atoms with E-state index in [9.17, 15) is 0 Å². The Hall–Kier alpha value is -0.740. The number of fused-ring (bicyclic) bond motifs is 1. The van der Waals surface area contributed by atoms with Gasteiger partial charge in [0.15, 0.2) is 0 Å². The molecule has 2 aromatic carbocycles. The normalized spacial score (nSPS) is 11.0. The zero-order chi connectivity index (χ0) is 17.2. The molecule has 0 aliphatic heterocycles. The van der Waals surface area contributed by atoms with Crippen LogP contribution < -0.4 is 9.47 Å². The summed E-state index contributed by atoms with van der Waals surface area (Å²) in [5.74, 6) is 2.00. The molecule has 0 aromatic heterocycles. The van der Waals surface area contributed by atoms with Crippen LogP contribution in [-0.4, -0.2) is 23.9 Å². The Morgan fingerprint density at radius 2 is 1.46 bits per heavy atom. The van der Waals surface area contributed by atoms with Gasteiger partial charge in [-0.3, -0.25) is 0 Å². The van der Waals surface area contributed by atoms with Crippen molar-refractivity contribution in [2.75, 3.05) is 23.9 Å². The molecule has 2 aromatic rings. The van der Waals surface area contributed by atoms with Crippen molar-refractivity contribution in [2.45, 2.75) is 39.0 Å². The van der Waals surface area contributed by atoms with Crippen LogP contribution >= 0.6 is 31.9 Å². The number of hydrogen-bond acceptors (Lipinski definition) is 2. The average Bonchev–Trinajstić information content (AvgIpc) is 2.63. The van der Waals surface area contributed by atoms with Gasteiger partial charge in [0.25, 0.3) is 0 Å². The Kier molecular flexibility index (Phi) is 8.97. The van der Waals surface area contributed by atoms with E-state index in [1.807, 2.05) is 0 Å². The number of aryl methyl sites for hydroxylation is 1. The zero-order valence-electron chi connectivity index (χ0n) is 14.3. The second-order valence-electron chi connectivity index (χ2n) is 5.75. The highest BCUT2D eigenvalue weighted by molar-refractivity contribution is 9.09. The largest absolute Gasteiger partial charge is 0.493 e. The van der Waals surface area contributed by atoms with Crippen molar-refractivity contribution in [3.63, 3.8) is 0 Å². The van der Waals surface area contributed by atoms with Crippen molar-refractivity contribution in [3.05, 3.63) is 35.9 Å². The van der Waals surface area contributed by atoms with E-state index in [4.69, 9.17) is 9.47 Å². The summed E-state index contributed by atoms with van der Waals surface area (Å²) >= 11 is 6.94. The molecule has 132 valence electrons. The summed E-state index contributed by atoms with van der Waals surface area (Å²) in [7, 11) is 0. The smallest absolute Gasteiger partial charge is 0.130 e. The monoisotopic (exact) mass is 456 g/mol. The van der Waals surface area contributed by atoms with E-state index < -0.39 is 0 Å². The van der Waals surface area contributed by atoms with Crippen LogP contribution in [0.25, 0.3) is 10.8 Å². The van der Waals surface area contributed by atoms with Crippen LogP contribution in [0.15, 0.2) is 30.3 Å². The van der Waals surface area contributed by atoms with Gasteiger partial charge < -0.3 is 9.47 Å². The van der Waals surface area contributed by atoms with Crippen LogP contribution in [-0.2, 0) is 6.42 Å². The number of unbranched alkanes of at least 4 members (excludes halogenated alkanes) is 2. The molecule has 2 rings (SSSR count). The molecule has 0 aliphatic rings. The second kappa shape index (κ2) is 11.0. The fourth-order valence-corrected chi connectivity index (χ4v) is 3.47. The number of hydrogen-bond donors (Lipinski definition) is 0. The van der Waals surface area contributed by atoms with Crippen LogP contribution in [0.4, 0.5) is 0 Å². The Morgan fingerprint density at radius 3 is 2.08 bits per heavy atom. The maximum absolute atomic E-state index is 6.16. The summed E-state index contributed by atoms with van der Waals surface area (Å²) < 4.78 is 12.2. The molecule has 4 heteroatoms. The van der Waals surface area contributed by atoms with E-state index in [1.165, 1.54) is 5.56 Å². The molecule has 0 aliphatic carbocycles. The van der Waals surface area contributed by atoms with Crippen molar-refractivity contribution in [1.29, 1.82) is 0 Å². The number of halogens is 2. The SMILES string of the molecule is CCc1cc(OCCCCBr)c2ccccc2c1OCCCCBr. The number of ether oxygens (including phenoxy) is 2. The lowest BCUT2D eigenvalue weighted by atomic mass is 10.0. The molecule has 0 saturated heterocycles. The number of benzene rings is 2. The Balaban J connectivity index is 2.26. The summed E-state index contributed by atoms with van der Waals surface area (Å²) in [6.45, 7) is 3.68. The summed E-state index contributed by atoms with van der Waals surface area (Å²) in [5, 5.41) is 4.35. The van der Waals surface area contributed by atoms with Gasteiger partial charge in [-0.1, -0.05) is 63.0 Å². The number of alkyl halides is 2. The van der Waals surface area contributed by atoms with E-state index in [0.717, 1.165) is 78.2 Å².